The molecule has 0 fully saturated rings. The van der Waals surface area contributed by atoms with Crippen LogP contribution in [0.25, 0.3) is 11.0 Å². The van der Waals surface area contributed by atoms with E-state index in [1.165, 1.54) is 11.8 Å². The molecule has 0 amide bonds. The Balaban J connectivity index is 2.86. The molecule has 0 spiro atoms. The highest BCUT2D eigenvalue weighted by Gasteiger charge is 2.12. The summed E-state index contributed by atoms with van der Waals surface area (Å²) in [5, 5.41) is 5.39. The van der Waals surface area contributed by atoms with E-state index >= 15 is 0 Å². The molecular weight excluding hydrogens is 220 g/mol. The van der Waals surface area contributed by atoms with Crippen molar-refractivity contribution in [1.29, 1.82) is 0 Å². The van der Waals surface area contributed by atoms with Gasteiger partial charge >= 0.3 is 0 Å². The summed E-state index contributed by atoms with van der Waals surface area (Å²) >= 11 is 7.51. The fraction of sp³-hybridized carbons (Fsp3) is 0.375. The quantitative estimate of drug-likeness (QED) is 0.426. The Hall–Kier alpha value is -0.810. The maximum atomic E-state index is 6.03. The lowest BCUT2D eigenvalue weighted by atomic mass is 10.4. The molecule has 2 rings (SSSR count). The van der Waals surface area contributed by atoms with E-state index in [0.29, 0.717) is 10.3 Å². The summed E-state index contributed by atoms with van der Waals surface area (Å²) in [7, 11) is 1.84. The van der Waals surface area contributed by atoms with Crippen molar-refractivity contribution in [2.24, 2.45) is 7.05 Å². The van der Waals surface area contributed by atoms with Crippen molar-refractivity contribution in [3.63, 3.8) is 0 Å². The minimum Gasteiger partial charge on any atom is -0.263 e. The third-order valence-electron chi connectivity index (χ3n) is 1.97. The second-order valence-electron chi connectivity index (χ2n) is 2.91. The van der Waals surface area contributed by atoms with E-state index in [0.717, 1.165) is 16.7 Å². The van der Waals surface area contributed by atoms with Gasteiger partial charge in [-0.3, -0.25) is 4.68 Å². The van der Waals surface area contributed by atoms with E-state index in [9.17, 15) is 0 Å². The summed E-state index contributed by atoms with van der Waals surface area (Å²) in [6.45, 7) is 1.91. The molecular formula is C8H9ClN4S. The van der Waals surface area contributed by atoms with Crippen molar-refractivity contribution < 1.29 is 0 Å². The molecule has 74 valence electrons. The first-order chi connectivity index (χ1) is 6.63. The predicted molar refractivity (Wildman–Crippen MR) is 57.8 cm³/mol. The number of halogens is 1. The SMILES string of the molecule is CSc1nc(Cl)c2c(n1)c(C)nn2C. The van der Waals surface area contributed by atoms with Gasteiger partial charge in [-0.05, 0) is 13.2 Å². The van der Waals surface area contributed by atoms with Crippen molar-refractivity contribution in [3.05, 3.63) is 10.8 Å². The molecule has 2 heterocycles. The number of rotatable bonds is 1. The summed E-state index contributed by atoms with van der Waals surface area (Å²) in [6.07, 6.45) is 1.92. The summed E-state index contributed by atoms with van der Waals surface area (Å²) in [5.74, 6) is 0. The van der Waals surface area contributed by atoms with Gasteiger partial charge in [-0.1, -0.05) is 23.4 Å². The van der Waals surface area contributed by atoms with Gasteiger partial charge in [-0.15, -0.1) is 0 Å². The summed E-state index contributed by atoms with van der Waals surface area (Å²) in [5.41, 5.74) is 2.50. The van der Waals surface area contributed by atoms with Crippen molar-refractivity contribution >= 4 is 34.4 Å². The van der Waals surface area contributed by atoms with E-state index in [1.54, 1.807) is 4.68 Å². The molecule has 0 unspecified atom stereocenters. The lowest BCUT2D eigenvalue weighted by Crippen LogP contribution is -1.93. The molecule has 0 aliphatic rings. The minimum absolute atomic E-state index is 0.461. The second kappa shape index (κ2) is 3.40. The number of nitrogens with zero attached hydrogens (tertiary/aromatic N) is 4. The zero-order chi connectivity index (χ0) is 10.3. The standard InChI is InChI=1S/C8H9ClN4S/c1-4-5-6(13(2)12-4)7(9)11-8(10-5)14-3/h1-3H3. The van der Waals surface area contributed by atoms with Crippen LogP contribution in [0, 0.1) is 6.92 Å². The first-order valence-electron chi connectivity index (χ1n) is 4.04. The smallest absolute Gasteiger partial charge is 0.189 e. The number of hydrogen-bond acceptors (Lipinski definition) is 4. The van der Waals surface area contributed by atoms with E-state index in [4.69, 9.17) is 11.6 Å². The zero-order valence-corrected chi connectivity index (χ0v) is 9.65. The Labute approximate surface area is 90.7 Å². The Morgan fingerprint density at radius 1 is 1.36 bits per heavy atom. The highest BCUT2D eigenvalue weighted by Crippen LogP contribution is 2.24. The number of aromatic nitrogens is 4. The normalized spacial score (nSPS) is 11.1. The van der Waals surface area contributed by atoms with Gasteiger partial charge in [-0.2, -0.15) is 5.10 Å². The lowest BCUT2D eigenvalue weighted by Gasteiger charge is -1.98. The largest absolute Gasteiger partial charge is 0.263 e. The maximum absolute atomic E-state index is 6.03. The van der Waals surface area contributed by atoms with Crippen LogP contribution in [0.2, 0.25) is 5.15 Å². The monoisotopic (exact) mass is 228 g/mol. The van der Waals surface area contributed by atoms with Gasteiger partial charge in [0.15, 0.2) is 10.3 Å². The Morgan fingerprint density at radius 3 is 2.71 bits per heavy atom. The predicted octanol–water partition coefficient (Wildman–Crippen LogP) is 2.05. The molecule has 0 atom stereocenters. The second-order valence-corrected chi connectivity index (χ2v) is 4.04. The molecule has 0 saturated carbocycles. The van der Waals surface area contributed by atoms with Crippen LogP contribution in [0.1, 0.15) is 5.69 Å². The fourth-order valence-electron chi connectivity index (χ4n) is 1.36. The molecule has 0 aromatic carbocycles. The highest BCUT2D eigenvalue weighted by molar-refractivity contribution is 7.98. The van der Waals surface area contributed by atoms with Crippen LogP contribution in [-0.4, -0.2) is 26.0 Å². The summed E-state index contributed by atoms with van der Waals surface area (Å²) < 4.78 is 1.71. The summed E-state index contributed by atoms with van der Waals surface area (Å²) in [4.78, 5) is 8.51. The first kappa shape index (κ1) is 9.73. The van der Waals surface area contributed by atoms with Crippen molar-refractivity contribution in [2.75, 3.05) is 6.26 Å². The first-order valence-corrected chi connectivity index (χ1v) is 5.64. The molecule has 2 aromatic heterocycles. The lowest BCUT2D eigenvalue weighted by molar-refractivity contribution is 0.781. The topological polar surface area (TPSA) is 43.6 Å². The van der Waals surface area contributed by atoms with E-state index in [2.05, 4.69) is 15.1 Å². The molecule has 0 saturated heterocycles. The highest BCUT2D eigenvalue weighted by atomic mass is 35.5. The van der Waals surface area contributed by atoms with Gasteiger partial charge < -0.3 is 0 Å². The van der Waals surface area contributed by atoms with Gasteiger partial charge in [-0.25, -0.2) is 9.97 Å². The Bertz CT molecular complexity index is 494. The van der Waals surface area contributed by atoms with E-state index in [-0.39, 0.29) is 0 Å². The number of fused-ring (bicyclic) bond motifs is 1. The van der Waals surface area contributed by atoms with Crippen LogP contribution < -0.4 is 0 Å². The van der Waals surface area contributed by atoms with Crippen molar-refractivity contribution in [1.82, 2.24) is 19.7 Å². The van der Waals surface area contributed by atoms with Crippen molar-refractivity contribution in [3.8, 4) is 0 Å². The molecule has 0 radical (unpaired) electrons. The van der Waals surface area contributed by atoms with Gasteiger partial charge in [0.1, 0.15) is 11.0 Å². The molecule has 0 aliphatic heterocycles. The zero-order valence-electron chi connectivity index (χ0n) is 8.08. The average molecular weight is 229 g/mol. The Morgan fingerprint density at radius 2 is 2.07 bits per heavy atom. The van der Waals surface area contributed by atoms with Gasteiger partial charge in [0.05, 0.1) is 5.69 Å². The molecule has 2 aromatic rings. The van der Waals surface area contributed by atoms with Crippen LogP contribution in [0.4, 0.5) is 0 Å². The molecule has 6 heteroatoms. The van der Waals surface area contributed by atoms with Gasteiger partial charge in [0.25, 0.3) is 0 Å². The third kappa shape index (κ3) is 1.36. The van der Waals surface area contributed by atoms with Crippen molar-refractivity contribution in [2.45, 2.75) is 12.1 Å². The maximum Gasteiger partial charge on any atom is 0.189 e. The van der Waals surface area contributed by atoms with E-state index in [1.807, 2.05) is 20.2 Å². The van der Waals surface area contributed by atoms with Crippen LogP contribution >= 0.6 is 23.4 Å². The number of aryl methyl sites for hydroxylation is 2. The Kier molecular flexibility index (Phi) is 2.36. The molecule has 0 N–H and O–H groups in total. The van der Waals surface area contributed by atoms with Gasteiger partial charge in [0, 0.05) is 7.05 Å². The van der Waals surface area contributed by atoms with Gasteiger partial charge in [0.2, 0.25) is 0 Å². The van der Waals surface area contributed by atoms with Crippen LogP contribution in [0.5, 0.6) is 0 Å². The number of hydrogen-bond donors (Lipinski definition) is 0. The third-order valence-corrected chi connectivity index (χ3v) is 2.78. The van der Waals surface area contributed by atoms with Crippen LogP contribution in [-0.2, 0) is 7.05 Å². The number of thioether (sulfide) groups is 1. The molecule has 0 aliphatic carbocycles. The van der Waals surface area contributed by atoms with E-state index < -0.39 is 0 Å². The fourth-order valence-corrected chi connectivity index (χ4v) is 2.07. The minimum atomic E-state index is 0.461. The average Bonchev–Trinajstić information content (AvgIpc) is 2.42. The molecule has 14 heavy (non-hydrogen) atoms. The summed E-state index contributed by atoms with van der Waals surface area (Å²) in [6, 6.07) is 0. The van der Waals surface area contributed by atoms with Crippen LogP contribution in [0.3, 0.4) is 0 Å². The van der Waals surface area contributed by atoms with Crippen LogP contribution in [0.15, 0.2) is 5.16 Å². The molecule has 4 nitrogen and oxygen atoms in total. The molecule has 0 bridgehead atoms.